The zero-order valence-electron chi connectivity index (χ0n) is 10.6. The van der Waals surface area contributed by atoms with Gasteiger partial charge in [0.25, 0.3) is 0 Å². The molecule has 1 saturated carbocycles. The topological polar surface area (TPSA) is 67.1 Å². The molecule has 4 nitrogen and oxygen atoms in total. The Balaban J connectivity index is 1.75. The average molecular weight is 245 g/mol. The van der Waals surface area contributed by atoms with Crippen molar-refractivity contribution in [1.29, 1.82) is 0 Å². The van der Waals surface area contributed by atoms with E-state index < -0.39 is 0 Å². The van der Waals surface area contributed by atoms with Crippen LogP contribution < -0.4 is 16.4 Å². The Labute approximate surface area is 107 Å². The maximum atomic E-state index is 11.3. The first-order valence-corrected chi connectivity index (χ1v) is 6.60. The third-order valence-corrected chi connectivity index (χ3v) is 3.69. The third-order valence-electron chi connectivity index (χ3n) is 3.69. The van der Waals surface area contributed by atoms with Crippen molar-refractivity contribution in [2.24, 2.45) is 5.92 Å². The van der Waals surface area contributed by atoms with Gasteiger partial charge in [0.1, 0.15) is 0 Å². The number of fused-ring (bicyclic) bond motifs is 1. The summed E-state index contributed by atoms with van der Waals surface area (Å²) in [6.45, 7) is 2.18. The second-order valence-electron chi connectivity index (χ2n) is 5.55. The lowest BCUT2D eigenvalue weighted by Crippen LogP contribution is -2.16. The molecular weight excluding hydrogens is 226 g/mol. The van der Waals surface area contributed by atoms with Gasteiger partial charge < -0.3 is 16.4 Å². The molecule has 1 aliphatic carbocycles. The minimum absolute atomic E-state index is 0.0487. The van der Waals surface area contributed by atoms with Crippen molar-refractivity contribution >= 4 is 23.0 Å². The smallest absolute Gasteiger partial charge is 0.228 e. The van der Waals surface area contributed by atoms with E-state index in [4.69, 9.17) is 5.73 Å². The minimum Gasteiger partial charge on any atom is -0.397 e. The molecular formula is C14H19N3O. The number of amides is 1. The van der Waals surface area contributed by atoms with E-state index in [1.54, 1.807) is 0 Å². The number of hydrogen-bond acceptors (Lipinski definition) is 3. The quantitative estimate of drug-likeness (QED) is 0.713. The highest BCUT2D eigenvalue weighted by Crippen LogP contribution is 2.36. The normalized spacial score (nSPS) is 19.3. The van der Waals surface area contributed by atoms with Crippen molar-refractivity contribution in [2.75, 3.05) is 16.4 Å². The van der Waals surface area contributed by atoms with Gasteiger partial charge in [0.2, 0.25) is 5.91 Å². The minimum atomic E-state index is 0.0487. The Morgan fingerprint density at radius 1 is 1.50 bits per heavy atom. The van der Waals surface area contributed by atoms with Crippen LogP contribution in [0.2, 0.25) is 0 Å². The number of nitrogens with one attached hydrogen (secondary N) is 2. The van der Waals surface area contributed by atoms with Crippen molar-refractivity contribution in [3.63, 3.8) is 0 Å². The molecule has 1 heterocycles. The number of rotatable bonds is 4. The maximum absolute atomic E-state index is 11.3. The van der Waals surface area contributed by atoms with Crippen LogP contribution in [-0.4, -0.2) is 11.9 Å². The SMILES string of the molecule is CC(CC1CC1)Nc1cc2c(cc1N)CC(=O)N2. The van der Waals surface area contributed by atoms with Crippen LogP contribution in [-0.2, 0) is 11.2 Å². The molecule has 0 bridgehead atoms. The number of nitrogens with two attached hydrogens (primary N) is 1. The van der Waals surface area contributed by atoms with Crippen LogP contribution in [0.25, 0.3) is 0 Å². The zero-order valence-corrected chi connectivity index (χ0v) is 10.6. The van der Waals surface area contributed by atoms with Crippen LogP contribution in [0.15, 0.2) is 12.1 Å². The zero-order chi connectivity index (χ0) is 12.7. The Morgan fingerprint density at radius 2 is 2.28 bits per heavy atom. The van der Waals surface area contributed by atoms with Crippen molar-refractivity contribution in [2.45, 2.75) is 38.6 Å². The number of nitrogen functional groups attached to an aromatic ring is 1. The lowest BCUT2D eigenvalue weighted by atomic mass is 10.1. The standard InChI is InChI=1S/C14H19N3O/c1-8(4-9-2-3-9)16-13-7-12-10(5-11(13)15)6-14(18)17-12/h5,7-9,16H,2-4,6,15H2,1H3,(H,17,18). The fraction of sp³-hybridized carbons (Fsp3) is 0.500. The second kappa shape index (κ2) is 4.19. The Hall–Kier alpha value is -1.71. The van der Waals surface area contributed by atoms with Gasteiger partial charge in [0.15, 0.2) is 0 Å². The van der Waals surface area contributed by atoms with Gasteiger partial charge in [-0.3, -0.25) is 4.79 Å². The van der Waals surface area contributed by atoms with E-state index in [1.807, 2.05) is 12.1 Å². The van der Waals surface area contributed by atoms with Gasteiger partial charge in [-0.1, -0.05) is 12.8 Å². The first-order valence-electron chi connectivity index (χ1n) is 6.60. The van der Waals surface area contributed by atoms with E-state index in [2.05, 4.69) is 17.6 Å². The van der Waals surface area contributed by atoms with E-state index in [0.29, 0.717) is 12.5 Å². The van der Waals surface area contributed by atoms with E-state index >= 15 is 0 Å². The van der Waals surface area contributed by atoms with Gasteiger partial charge in [-0.2, -0.15) is 0 Å². The van der Waals surface area contributed by atoms with Crippen LogP contribution >= 0.6 is 0 Å². The van der Waals surface area contributed by atoms with Gasteiger partial charge >= 0.3 is 0 Å². The maximum Gasteiger partial charge on any atom is 0.228 e. The van der Waals surface area contributed by atoms with E-state index in [1.165, 1.54) is 19.3 Å². The fourth-order valence-corrected chi connectivity index (χ4v) is 2.60. The first kappa shape index (κ1) is 11.4. The molecule has 4 heteroatoms. The molecule has 1 aromatic rings. The highest BCUT2D eigenvalue weighted by atomic mass is 16.1. The summed E-state index contributed by atoms with van der Waals surface area (Å²) in [6.07, 6.45) is 4.36. The van der Waals surface area contributed by atoms with Crippen molar-refractivity contribution in [1.82, 2.24) is 0 Å². The number of carbonyl (C=O) groups is 1. The predicted octanol–water partition coefficient (Wildman–Crippen LogP) is 2.36. The summed E-state index contributed by atoms with van der Waals surface area (Å²) in [7, 11) is 0. The van der Waals surface area contributed by atoms with Gasteiger partial charge in [-0.05, 0) is 37.0 Å². The molecule has 4 N–H and O–H groups in total. The molecule has 0 spiro atoms. The Bertz CT molecular complexity index is 494. The van der Waals surface area contributed by atoms with E-state index in [-0.39, 0.29) is 5.91 Å². The van der Waals surface area contributed by atoms with Crippen LogP contribution in [0.5, 0.6) is 0 Å². The average Bonchev–Trinajstić information content (AvgIpc) is 3.01. The third kappa shape index (κ3) is 2.28. The summed E-state index contributed by atoms with van der Waals surface area (Å²) in [5.41, 5.74) is 9.59. The van der Waals surface area contributed by atoms with Crippen LogP contribution in [0.1, 0.15) is 31.7 Å². The Kier molecular flexibility index (Phi) is 2.65. The number of carbonyl (C=O) groups excluding carboxylic acids is 1. The van der Waals surface area contributed by atoms with Gasteiger partial charge in [-0.15, -0.1) is 0 Å². The molecule has 2 aliphatic rings. The molecule has 1 fully saturated rings. The summed E-state index contributed by atoms with van der Waals surface area (Å²) in [6, 6.07) is 4.29. The van der Waals surface area contributed by atoms with Gasteiger partial charge in [-0.25, -0.2) is 0 Å². The molecule has 96 valence electrons. The lowest BCUT2D eigenvalue weighted by Gasteiger charge is -2.17. The monoisotopic (exact) mass is 245 g/mol. The number of benzene rings is 1. The summed E-state index contributed by atoms with van der Waals surface area (Å²) < 4.78 is 0. The van der Waals surface area contributed by atoms with E-state index in [0.717, 1.165) is 28.5 Å². The Morgan fingerprint density at radius 3 is 3.00 bits per heavy atom. The predicted molar refractivity (Wildman–Crippen MR) is 73.6 cm³/mol. The fourth-order valence-electron chi connectivity index (χ4n) is 2.60. The molecule has 0 radical (unpaired) electrons. The van der Waals surface area contributed by atoms with Crippen molar-refractivity contribution in [3.05, 3.63) is 17.7 Å². The molecule has 3 rings (SSSR count). The van der Waals surface area contributed by atoms with Crippen LogP contribution in [0.4, 0.5) is 17.1 Å². The number of hydrogen-bond donors (Lipinski definition) is 3. The largest absolute Gasteiger partial charge is 0.397 e. The van der Waals surface area contributed by atoms with Gasteiger partial charge in [0.05, 0.1) is 17.8 Å². The molecule has 0 aromatic heterocycles. The van der Waals surface area contributed by atoms with Gasteiger partial charge in [0, 0.05) is 11.7 Å². The molecule has 1 atom stereocenters. The summed E-state index contributed by atoms with van der Waals surface area (Å²) >= 11 is 0. The molecule has 18 heavy (non-hydrogen) atoms. The lowest BCUT2D eigenvalue weighted by molar-refractivity contribution is -0.115. The molecule has 1 aromatic carbocycles. The molecule has 1 unspecified atom stereocenters. The van der Waals surface area contributed by atoms with Crippen molar-refractivity contribution < 1.29 is 4.79 Å². The summed E-state index contributed by atoms with van der Waals surface area (Å²) in [5.74, 6) is 0.940. The van der Waals surface area contributed by atoms with E-state index in [9.17, 15) is 4.79 Å². The van der Waals surface area contributed by atoms with Crippen LogP contribution in [0, 0.1) is 5.92 Å². The summed E-state index contributed by atoms with van der Waals surface area (Å²) in [4.78, 5) is 11.3. The highest BCUT2D eigenvalue weighted by Gasteiger charge is 2.24. The second-order valence-corrected chi connectivity index (χ2v) is 5.55. The first-order chi connectivity index (χ1) is 8.61. The molecule has 1 amide bonds. The summed E-state index contributed by atoms with van der Waals surface area (Å²) in [5, 5.41) is 6.31. The van der Waals surface area contributed by atoms with Crippen LogP contribution in [0.3, 0.4) is 0 Å². The number of anilines is 3. The van der Waals surface area contributed by atoms with Crippen molar-refractivity contribution in [3.8, 4) is 0 Å². The molecule has 0 saturated heterocycles. The molecule has 1 aliphatic heterocycles. The highest BCUT2D eigenvalue weighted by molar-refractivity contribution is 6.00.